The molecule has 9 nitrogen and oxygen atoms in total. The van der Waals surface area contributed by atoms with Gasteiger partial charge in [0.15, 0.2) is 5.65 Å². The van der Waals surface area contributed by atoms with Crippen LogP contribution < -0.4 is 10.6 Å². The minimum atomic E-state index is -0.319. The second kappa shape index (κ2) is 11.0. The molecule has 198 valence electrons. The molecular formula is C28H33FN8O. The zero-order valence-corrected chi connectivity index (χ0v) is 21.5. The van der Waals surface area contributed by atoms with Crippen molar-refractivity contribution < 1.29 is 9.13 Å². The zero-order valence-electron chi connectivity index (χ0n) is 21.5. The number of ether oxygens (including phenoxy) is 1. The van der Waals surface area contributed by atoms with Crippen molar-refractivity contribution in [3.63, 3.8) is 0 Å². The van der Waals surface area contributed by atoms with Gasteiger partial charge in [-0.1, -0.05) is 42.5 Å². The van der Waals surface area contributed by atoms with Gasteiger partial charge in [-0.05, 0) is 17.7 Å². The van der Waals surface area contributed by atoms with E-state index in [0.29, 0.717) is 40.6 Å². The van der Waals surface area contributed by atoms with Crippen molar-refractivity contribution in [3.05, 3.63) is 66.0 Å². The summed E-state index contributed by atoms with van der Waals surface area (Å²) >= 11 is 0. The molecule has 2 aromatic carbocycles. The Balaban J connectivity index is 1.26. The fraction of sp³-hybridized carbons (Fsp3) is 0.393. The van der Waals surface area contributed by atoms with Crippen molar-refractivity contribution in [2.45, 2.75) is 6.54 Å². The number of morpholine rings is 1. The Morgan fingerprint density at radius 3 is 2.32 bits per heavy atom. The summed E-state index contributed by atoms with van der Waals surface area (Å²) in [6.45, 7) is 9.80. The highest BCUT2D eigenvalue weighted by Gasteiger charge is 2.24. The van der Waals surface area contributed by atoms with Crippen molar-refractivity contribution in [1.82, 2.24) is 29.5 Å². The van der Waals surface area contributed by atoms with Crippen molar-refractivity contribution in [2.75, 3.05) is 76.2 Å². The van der Waals surface area contributed by atoms with Gasteiger partial charge >= 0.3 is 0 Å². The molecule has 2 saturated heterocycles. The molecule has 0 amide bonds. The van der Waals surface area contributed by atoms with Crippen LogP contribution in [0.5, 0.6) is 0 Å². The van der Waals surface area contributed by atoms with E-state index in [4.69, 9.17) is 25.5 Å². The number of aromatic nitrogens is 4. The lowest BCUT2D eigenvalue weighted by molar-refractivity contribution is 0.0331. The number of anilines is 2. The topological polar surface area (TPSA) is 88.6 Å². The zero-order chi connectivity index (χ0) is 25.9. The summed E-state index contributed by atoms with van der Waals surface area (Å²) < 4.78 is 21.4. The summed E-state index contributed by atoms with van der Waals surface area (Å²) in [5.41, 5.74) is 9.48. The molecule has 4 aromatic rings. The number of halogens is 1. The number of nitrogen functional groups attached to an aromatic ring is 1. The van der Waals surface area contributed by atoms with Gasteiger partial charge in [0.1, 0.15) is 11.6 Å². The fourth-order valence-electron chi connectivity index (χ4n) is 5.18. The first kappa shape index (κ1) is 24.7. The predicted molar refractivity (Wildman–Crippen MR) is 147 cm³/mol. The number of nitrogens with zero attached hydrogens (tertiary/aromatic N) is 7. The van der Waals surface area contributed by atoms with Crippen LogP contribution in [-0.2, 0) is 11.3 Å². The molecule has 10 heteroatoms. The third kappa shape index (κ3) is 5.33. The van der Waals surface area contributed by atoms with Gasteiger partial charge in [-0.25, -0.2) is 14.1 Å². The number of nitrogens with two attached hydrogens (primary N) is 1. The van der Waals surface area contributed by atoms with Crippen LogP contribution in [-0.4, -0.2) is 95.1 Å². The van der Waals surface area contributed by atoms with E-state index in [1.165, 1.54) is 12.1 Å². The Morgan fingerprint density at radius 1 is 0.842 bits per heavy atom. The summed E-state index contributed by atoms with van der Waals surface area (Å²) in [7, 11) is 0. The molecule has 2 aliphatic rings. The van der Waals surface area contributed by atoms with Crippen molar-refractivity contribution in [3.8, 4) is 11.3 Å². The summed E-state index contributed by atoms with van der Waals surface area (Å²) in [6, 6.07) is 16.5. The van der Waals surface area contributed by atoms with Crippen LogP contribution >= 0.6 is 0 Å². The molecule has 4 heterocycles. The third-order valence-electron chi connectivity index (χ3n) is 7.39. The molecule has 0 unspecified atom stereocenters. The van der Waals surface area contributed by atoms with E-state index in [0.717, 1.165) is 71.1 Å². The van der Waals surface area contributed by atoms with Gasteiger partial charge in [0.25, 0.3) is 0 Å². The van der Waals surface area contributed by atoms with Crippen molar-refractivity contribution in [1.29, 1.82) is 0 Å². The van der Waals surface area contributed by atoms with E-state index in [1.807, 2.05) is 36.4 Å². The first-order valence-electron chi connectivity index (χ1n) is 13.3. The number of fused-ring (bicyclic) bond motifs is 1. The molecule has 2 aliphatic heterocycles. The lowest BCUT2D eigenvalue weighted by atomic mass is 10.1. The number of hydrogen-bond donors (Lipinski definition) is 1. The maximum atomic E-state index is 14.2. The van der Waals surface area contributed by atoms with Crippen LogP contribution in [0, 0.1) is 5.82 Å². The normalized spacial score (nSPS) is 17.3. The highest BCUT2D eigenvalue weighted by molar-refractivity contribution is 5.99. The number of piperazine rings is 1. The smallest absolute Gasteiger partial charge is 0.228 e. The van der Waals surface area contributed by atoms with E-state index < -0.39 is 0 Å². The summed E-state index contributed by atoms with van der Waals surface area (Å²) in [4.78, 5) is 16.9. The maximum absolute atomic E-state index is 14.2. The van der Waals surface area contributed by atoms with Gasteiger partial charge in [0.05, 0.1) is 30.8 Å². The van der Waals surface area contributed by atoms with Crippen LogP contribution in [0.2, 0.25) is 0 Å². The van der Waals surface area contributed by atoms with Gasteiger partial charge < -0.3 is 15.4 Å². The van der Waals surface area contributed by atoms with E-state index in [9.17, 15) is 4.39 Å². The molecule has 2 N–H and O–H groups in total. The van der Waals surface area contributed by atoms with Crippen LogP contribution in [0.15, 0.2) is 54.6 Å². The summed E-state index contributed by atoms with van der Waals surface area (Å²) in [5, 5.41) is 5.41. The molecule has 6 rings (SSSR count). The molecule has 2 aromatic heterocycles. The Hall–Kier alpha value is -3.60. The highest BCUT2D eigenvalue weighted by Crippen LogP contribution is 2.33. The first-order chi connectivity index (χ1) is 18.6. The Labute approximate surface area is 221 Å². The monoisotopic (exact) mass is 516 g/mol. The lowest BCUT2D eigenvalue weighted by Gasteiger charge is -2.36. The minimum absolute atomic E-state index is 0.319. The molecule has 0 atom stereocenters. The van der Waals surface area contributed by atoms with Gasteiger partial charge in [-0.3, -0.25) is 9.80 Å². The average molecular weight is 517 g/mol. The van der Waals surface area contributed by atoms with E-state index in [2.05, 4.69) is 14.7 Å². The number of rotatable bonds is 7. The quantitative estimate of drug-likeness (QED) is 0.401. The van der Waals surface area contributed by atoms with Gasteiger partial charge in [0.2, 0.25) is 5.95 Å². The van der Waals surface area contributed by atoms with Crippen LogP contribution in [0.4, 0.5) is 16.2 Å². The first-order valence-corrected chi connectivity index (χ1v) is 13.3. The standard InChI is InChI=1S/C28H33FN8O/c29-23-8-4-7-22(19-23)25-24-26(30)37(20-21-5-2-1-3-6-21)33-27(24)32-28(31-25)36-13-11-34(12-14-36)9-10-35-15-17-38-18-16-35/h1-8,19H,9-18,20,30H2. The molecule has 0 bridgehead atoms. The fourth-order valence-corrected chi connectivity index (χ4v) is 5.18. The van der Waals surface area contributed by atoms with Crippen LogP contribution in [0.1, 0.15) is 5.56 Å². The van der Waals surface area contributed by atoms with Crippen molar-refractivity contribution in [2.24, 2.45) is 0 Å². The number of hydrogen-bond acceptors (Lipinski definition) is 8. The molecule has 0 radical (unpaired) electrons. The summed E-state index contributed by atoms with van der Waals surface area (Å²) in [5.74, 6) is 0.761. The molecule has 38 heavy (non-hydrogen) atoms. The highest BCUT2D eigenvalue weighted by atomic mass is 19.1. The van der Waals surface area contributed by atoms with Crippen LogP contribution in [0.3, 0.4) is 0 Å². The molecule has 0 aliphatic carbocycles. The second-order valence-electron chi connectivity index (χ2n) is 9.89. The van der Waals surface area contributed by atoms with E-state index in [1.54, 1.807) is 10.7 Å². The van der Waals surface area contributed by atoms with E-state index >= 15 is 0 Å². The third-order valence-corrected chi connectivity index (χ3v) is 7.39. The number of benzene rings is 2. The second-order valence-corrected chi connectivity index (χ2v) is 9.89. The SMILES string of the molecule is Nc1c2c(-c3cccc(F)c3)nc(N3CCN(CCN4CCOCC4)CC3)nc2nn1Cc1ccccc1. The average Bonchev–Trinajstić information content (AvgIpc) is 3.27. The minimum Gasteiger partial charge on any atom is -0.383 e. The Kier molecular flexibility index (Phi) is 7.17. The maximum Gasteiger partial charge on any atom is 0.228 e. The summed E-state index contributed by atoms with van der Waals surface area (Å²) in [6.07, 6.45) is 0. The van der Waals surface area contributed by atoms with Gasteiger partial charge in [-0.2, -0.15) is 4.98 Å². The molecule has 0 spiro atoms. The Bertz CT molecular complexity index is 1380. The molecule has 2 fully saturated rings. The Morgan fingerprint density at radius 2 is 1.58 bits per heavy atom. The molecule has 0 saturated carbocycles. The van der Waals surface area contributed by atoms with E-state index in [-0.39, 0.29) is 5.82 Å². The van der Waals surface area contributed by atoms with Gasteiger partial charge in [-0.15, -0.1) is 5.10 Å². The largest absolute Gasteiger partial charge is 0.383 e. The van der Waals surface area contributed by atoms with Crippen LogP contribution in [0.25, 0.3) is 22.3 Å². The van der Waals surface area contributed by atoms with Gasteiger partial charge in [0, 0.05) is 57.9 Å². The predicted octanol–water partition coefficient (Wildman–Crippen LogP) is 2.72. The van der Waals surface area contributed by atoms with Crippen molar-refractivity contribution >= 4 is 22.8 Å². The lowest BCUT2D eigenvalue weighted by Crippen LogP contribution is -2.49. The molecular weight excluding hydrogens is 483 g/mol.